The molecule has 3 rings (SSSR count). The highest BCUT2D eigenvalue weighted by atomic mass is 16.5. The predicted molar refractivity (Wildman–Crippen MR) is 75.2 cm³/mol. The Labute approximate surface area is 111 Å². The molecule has 1 aromatic heterocycles. The Morgan fingerprint density at radius 1 is 1.42 bits per heavy atom. The van der Waals surface area contributed by atoms with Crippen LogP contribution in [0.3, 0.4) is 0 Å². The molecular weight excluding hydrogens is 242 g/mol. The molecule has 100 valence electrons. The lowest BCUT2D eigenvalue weighted by Crippen LogP contribution is -2.47. The van der Waals surface area contributed by atoms with Gasteiger partial charge in [0.2, 0.25) is 0 Å². The Balaban J connectivity index is 2.11. The van der Waals surface area contributed by atoms with Gasteiger partial charge < -0.3 is 20.5 Å². The molecule has 1 aliphatic rings. The topological polar surface area (TPSA) is 71.6 Å². The summed E-state index contributed by atoms with van der Waals surface area (Å²) in [5.74, 6) is 0. The van der Waals surface area contributed by atoms with Gasteiger partial charge in [0.1, 0.15) is 0 Å². The number of aliphatic hydroxyl groups excluding tert-OH is 1. The Morgan fingerprint density at radius 3 is 3.16 bits per heavy atom. The van der Waals surface area contributed by atoms with Crippen LogP contribution in [0.1, 0.15) is 0 Å². The molecule has 5 nitrogen and oxygen atoms in total. The van der Waals surface area contributed by atoms with Crippen LogP contribution in [0, 0.1) is 0 Å². The van der Waals surface area contributed by atoms with Crippen LogP contribution in [0.15, 0.2) is 30.5 Å². The number of nitrogen functional groups attached to an aromatic ring is 1. The largest absolute Gasteiger partial charge is 0.397 e. The van der Waals surface area contributed by atoms with Gasteiger partial charge in [-0.25, -0.2) is 0 Å². The molecule has 1 fully saturated rings. The number of hydrogen-bond acceptors (Lipinski definition) is 5. The maximum Gasteiger partial charge on any atom is 0.0951 e. The fourth-order valence-electron chi connectivity index (χ4n) is 2.55. The van der Waals surface area contributed by atoms with Crippen molar-refractivity contribution in [2.75, 3.05) is 37.0 Å². The number of pyridine rings is 1. The molecule has 19 heavy (non-hydrogen) atoms. The van der Waals surface area contributed by atoms with E-state index < -0.39 is 0 Å². The molecule has 2 aromatic rings. The third kappa shape index (κ3) is 2.11. The second-order valence-corrected chi connectivity index (χ2v) is 4.68. The maximum atomic E-state index is 9.49. The van der Waals surface area contributed by atoms with Crippen molar-refractivity contribution in [3.63, 3.8) is 0 Å². The summed E-state index contributed by atoms with van der Waals surface area (Å²) in [5.41, 5.74) is 8.50. The molecule has 1 unspecified atom stereocenters. The van der Waals surface area contributed by atoms with Crippen LogP contribution >= 0.6 is 0 Å². The zero-order valence-corrected chi connectivity index (χ0v) is 10.6. The lowest BCUT2D eigenvalue weighted by Gasteiger charge is -2.37. The van der Waals surface area contributed by atoms with Crippen LogP contribution in [-0.4, -0.2) is 42.5 Å². The number of hydrogen-bond donors (Lipinski definition) is 2. The van der Waals surface area contributed by atoms with Gasteiger partial charge in [-0.05, 0) is 24.3 Å². The monoisotopic (exact) mass is 259 g/mol. The first-order valence-corrected chi connectivity index (χ1v) is 6.39. The molecule has 0 saturated carbocycles. The Kier molecular flexibility index (Phi) is 3.23. The van der Waals surface area contributed by atoms with E-state index in [0.29, 0.717) is 18.9 Å². The molecular formula is C14H17N3O2. The van der Waals surface area contributed by atoms with Gasteiger partial charge in [0.05, 0.1) is 37.1 Å². The predicted octanol–water partition coefficient (Wildman–Crippen LogP) is 1.01. The van der Waals surface area contributed by atoms with Crippen molar-refractivity contribution in [2.24, 2.45) is 0 Å². The number of morpholine rings is 1. The third-order valence-corrected chi connectivity index (χ3v) is 3.53. The highest BCUT2D eigenvalue weighted by molar-refractivity contribution is 5.98. The lowest BCUT2D eigenvalue weighted by molar-refractivity contribution is 0.0728. The fourth-order valence-corrected chi connectivity index (χ4v) is 2.55. The number of ether oxygens (including phenoxy) is 1. The van der Waals surface area contributed by atoms with E-state index in [1.807, 2.05) is 24.3 Å². The Hall–Kier alpha value is -1.85. The van der Waals surface area contributed by atoms with Crippen molar-refractivity contribution in [3.8, 4) is 0 Å². The number of aromatic nitrogens is 1. The number of anilines is 2. The van der Waals surface area contributed by atoms with Gasteiger partial charge in [-0.1, -0.05) is 0 Å². The second kappa shape index (κ2) is 5.03. The molecule has 1 aliphatic heterocycles. The van der Waals surface area contributed by atoms with Crippen molar-refractivity contribution in [2.45, 2.75) is 6.04 Å². The van der Waals surface area contributed by atoms with Crippen LogP contribution in [0.2, 0.25) is 0 Å². The number of rotatable bonds is 2. The smallest absolute Gasteiger partial charge is 0.0951 e. The van der Waals surface area contributed by atoms with Crippen molar-refractivity contribution < 1.29 is 9.84 Å². The van der Waals surface area contributed by atoms with Gasteiger partial charge >= 0.3 is 0 Å². The van der Waals surface area contributed by atoms with E-state index in [0.717, 1.165) is 23.1 Å². The highest BCUT2D eigenvalue weighted by Gasteiger charge is 2.24. The summed E-state index contributed by atoms with van der Waals surface area (Å²) in [6.07, 6.45) is 1.74. The summed E-state index contributed by atoms with van der Waals surface area (Å²) >= 11 is 0. The van der Waals surface area contributed by atoms with Crippen molar-refractivity contribution in [1.82, 2.24) is 4.98 Å². The third-order valence-electron chi connectivity index (χ3n) is 3.53. The van der Waals surface area contributed by atoms with E-state index in [2.05, 4.69) is 9.88 Å². The molecule has 0 spiro atoms. The number of aliphatic hydroxyl groups is 1. The normalized spacial score (nSPS) is 19.8. The van der Waals surface area contributed by atoms with Gasteiger partial charge in [0.25, 0.3) is 0 Å². The molecule has 0 aliphatic carbocycles. The Morgan fingerprint density at radius 2 is 2.32 bits per heavy atom. The molecule has 0 amide bonds. The second-order valence-electron chi connectivity index (χ2n) is 4.68. The van der Waals surface area contributed by atoms with Crippen molar-refractivity contribution in [1.29, 1.82) is 0 Å². The Bertz CT molecular complexity index is 588. The van der Waals surface area contributed by atoms with Crippen molar-refractivity contribution >= 4 is 22.3 Å². The average Bonchev–Trinajstić information content (AvgIpc) is 2.48. The molecule has 1 aromatic carbocycles. The number of nitrogens with two attached hydrogens (primary N) is 1. The quantitative estimate of drug-likeness (QED) is 0.788. The molecule has 1 atom stereocenters. The van der Waals surface area contributed by atoms with E-state index in [4.69, 9.17) is 10.5 Å². The standard InChI is InChI=1S/C14H17N3O2/c15-12-3-4-13(11-2-1-5-16-14(11)12)17-6-7-19-9-10(17)8-18/h1-5,10,18H,6-9,15H2. The lowest BCUT2D eigenvalue weighted by atomic mass is 10.1. The zero-order valence-electron chi connectivity index (χ0n) is 10.6. The molecule has 1 saturated heterocycles. The van der Waals surface area contributed by atoms with Gasteiger partial charge in [0, 0.05) is 23.8 Å². The van der Waals surface area contributed by atoms with E-state index in [9.17, 15) is 5.11 Å². The van der Waals surface area contributed by atoms with Crippen LogP contribution in [0.5, 0.6) is 0 Å². The maximum absolute atomic E-state index is 9.49. The highest BCUT2D eigenvalue weighted by Crippen LogP contribution is 2.31. The minimum absolute atomic E-state index is 0.0132. The summed E-state index contributed by atoms with van der Waals surface area (Å²) in [6.45, 7) is 2.05. The van der Waals surface area contributed by atoms with E-state index in [1.54, 1.807) is 6.20 Å². The minimum atomic E-state index is -0.0132. The molecule has 0 bridgehead atoms. The van der Waals surface area contributed by atoms with Gasteiger partial charge in [-0.3, -0.25) is 4.98 Å². The SMILES string of the molecule is Nc1ccc(N2CCOCC2CO)c2cccnc12. The molecule has 5 heteroatoms. The van der Waals surface area contributed by atoms with E-state index >= 15 is 0 Å². The first-order chi connectivity index (χ1) is 9.31. The van der Waals surface area contributed by atoms with Crippen LogP contribution in [0.25, 0.3) is 10.9 Å². The zero-order chi connectivity index (χ0) is 13.2. The summed E-state index contributed by atoms with van der Waals surface area (Å²) < 4.78 is 5.42. The number of benzene rings is 1. The summed E-state index contributed by atoms with van der Waals surface area (Å²) in [4.78, 5) is 6.52. The van der Waals surface area contributed by atoms with Crippen LogP contribution < -0.4 is 10.6 Å². The number of nitrogens with zero attached hydrogens (tertiary/aromatic N) is 2. The summed E-state index contributed by atoms with van der Waals surface area (Å²) in [6, 6.07) is 7.76. The van der Waals surface area contributed by atoms with E-state index in [-0.39, 0.29) is 12.6 Å². The first kappa shape index (κ1) is 12.2. The minimum Gasteiger partial charge on any atom is -0.397 e. The summed E-state index contributed by atoms with van der Waals surface area (Å²) in [7, 11) is 0. The van der Waals surface area contributed by atoms with E-state index in [1.165, 1.54) is 0 Å². The van der Waals surface area contributed by atoms with Gasteiger partial charge in [0.15, 0.2) is 0 Å². The number of fused-ring (bicyclic) bond motifs is 1. The molecule has 2 heterocycles. The average molecular weight is 259 g/mol. The summed E-state index contributed by atoms with van der Waals surface area (Å²) in [5, 5.41) is 10.5. The van der Waals surface area contributed by atoms with Gasteiger partial charge in [-0.2, -0.15) is 0 Å². The first-order valence-electron chi connectivity index (χ1n) is 6.39. The van der Waals surface area contributed by atoms with Crippen LogP contribution in [-0.2, 0) is 4.74 Å². The van der Waals surface area contributed by atoms with Crippen molar-refractivity contribution in [3.05, 3.63) is 30.5 Å². The molecule has 0 radical (unpaired) electrons. The van der Waals surface area contributed by atoms with Gasteiger partial charge in [-0.15, -0.1) is 0 Å². The molecule has 3 N–H and O–H groups in total. The van der Waals surface area contributed by atoms with Crippen LogP contribution in [0.4, 0.5) is 11.4 Å². The fraction of sp³-hybridized carbons (Fsp3) is 0.357.